The topological polar surface area (TPSA) is 61.2 Å². The number of hydrogen-bond acceptors (Lipinski definition) is 4. The van der Waals surface area contributed by atoms with Crippen LogP contribution in [0.4, 0.5) is 0 Å². The molecule has 0 unspecified atom stereocenters. The van der Waals surface area contributed by atoms with Crippen molar-refractivity contribution < 1.29 is 9.53 Å². The van der Waals surface area contributed by atoms with Gasteiger partial charge in [-0.15, -0.1) is 0 Å². The Kier molecular flexibility index (Phi) is 4.86. The second-order valence-corrected chi connectivity index (χ2v) is 6.09. The molecule has 3 aromatic rings. The number of hydrogen-bond donors (Lipinski definition) is 0. The molecule has 128 valence electrons. The van der Waals surface area contributed by atoms with Crippen molar-refractivity contribution in [1.82, 2.24) is 9.55 Å². The van der Waals surface area contributed by atoms with E-state index in [1.165, 1.54) is 0 Å². The van der Waals surface area contributed by atoms with Gasteiger partial charge >= 0.3 is 5.97 Å². The van der Waals surface area contributed by atoms with E-state index in [2.05, 4.69) is 4.98 Å². The zero-order valence-corrected chi connectivity index (χ0v) is 14.7. The van der Waals surface area contributed by atoms with Crippen LogP contribution < -0.4 is 5.56 Å². The summed E-state index contributed by atoms with van der Waals surface area (Å²) in [6.07, 6.45) is 0. The van der Waals surface area contributed by atoms with Crippen LogP contribution in [0.15, 0.2) is 47.3 Å². The summed E-state index contributed by atoms with van der Waals surface area (Å²) in [5, 5.41) is 0.632. The average Bonchev–Trinajstić information content (AvgIpc) is 2.61. The molecule has 0 aliphatic heterocycles. The SMILES string of the molecule is CCn1c(=O)c(C)nc2cc(C(=O)OCc3ccc(Cl)cc3)ccc21. The lowest BCUT2D eigenvalue weighted by atomic mass is 10.2. The molecule has 0 saturated carbocycles. The van der Waals surface area contributed by atoms with E-state index in [-0.39, 0.29) is 12.2 Å². The van der Waals surface area contributed by atoms with Crippen molar-refractivity contribution in [3.63, 3.8) is 0 Å². The first-order valence-electron chi connectivity index (χ1n) is 7.92. The first-order chi connectivity index (χ1) is 12.0. The maximum absolute atomic E-state index is 12.3. The average molecular weight is 357 g/mol. The number of ether oxygens (including phenoxy) is 1. The van der Waals surface area contributed by atoms with E-state index in [0.29, 0.717) is 33.9 Å². The number of carbonyl (C=O) groups excluding carboxylic acids is 1. The van der Waals surface area contributed by atoms with E-state index >= 15 is 0 Å². The van der Waals surface area contributed by atoms with Crippen molar-refractivity contribution in [3.8, 4) is 0 Å². The van der Waals surface area contributed by atoms with E-state index in [1.807, 2.05) is 6.92 Å². The Morgan fingerprint density at radius 2 is 1.92 bits per heavy atom. The summed E-state index contributed by atoms with van der Waals surface area (Å²) in [5.74, 6) is -0.439. The summed E-state index contributed by atoms with van der Waals surface area (Å²) in [6, 6.07) is 12.1. The van der Waals surface area contributed by atoms with Crippen molar-refractivity contribution in [2.45, 2.75) is 27.0 Å². The number of benzene rings is 2. The van der Waals surface area contributed by atoms with Crippen molar-refractivity contribution in [2.75, 3.05) is 0 Å². The summed E-state index contributed by atoms with van der Waals surface area (Å²) in [5.41, 5.74) is 2.84. The fourth-order valence-corrected chi connectivity index (χ4v) is 2.75. The van der Waals surface area contributed by atoms with E-state index in [9.17, 15) is 9.59 Å². The Bertz CT molecular complexity index is 994. The maximum Gasteiger partial charge on any atom is 0.338 e. The normalized spacial score (nSPS) is 10.8. The summed E-state index contributed by atoms with van der Waals surface area (Å²) in [6.45, 7) is 4.27. The molecule has 0 aliphatic carbocycles. The monoisotopic (exact) mass is 356 g/mol. The van der Waals surface area contributed by atoms with Gasteiger partial charge in [0.25, 0.3) is 5.56 Å². The Morgan fingerprint density at radius 3 is 2.60 bits per heavy atom. The van der Waals surface area contributed by atoms with Gasteiger partial charge in [0.15, 0.2) is 0 Å². The van der Waals surface area contributed by atoms with Gasteiger partial charge in [-0.1, -0.05) is 23.7 Å². The summed E-state index contributed by atoms with van der Waals surface area (Å²) < 4.78 is 6.97. The van der Waals surface area contributed by atoms with Crippen LogP contribution >= 0.6 is 11.6 Å². The van der Waals surface area contributed by atoms with Gasteiger partial charge < -0.3 is 9.30 Å². The minimum Gasteiger partial charge on any atom is -0.457 e. The van der Waals surface area contributed by atoms with Crippen LogP contribution in [0, 0.1) is 6.92 Å². The molecule has 0 fully saturated rings. The molecule has 3 rings (SSSR count). The highest BCUT2D eigenvalue weighted by Gasteiger charge is 2.12. The molecule has 0 amide bonds. The number of carbonyl (C=O) groups is 1. The molecule has 1 aromatic heterocycles. The van der Waals surface area contributed by atoms with Crippen molar-refractivity contribution in [2.24, 2.45) is 0 Å². The largest absolute Gasteiger partial charge is 0.457 e. The molecule has 0 radical (unpaired) electrons. The predicted molar refractivity (Wildman–Crippen MR) is 97.0 cm³/mol. The molecule has 6 heteroatoms. The lowest BCUT2D eigenvalue weighted by Crippen LogP contribution is -2.23. The molecule has 0 bridgehead atoms. The second-order valence-electron chi connectivity index (χ2n) is 5.65. The number of nitrogens with zero attached hydrogens (tertiary/aromatic N) is 2. The van der Waals surface area contributed by atoms with E-state index < -0.39 is 5.97 Å². The smallest absolute Gasteiger partial charge is 0.338 e. The van der Waals surface area contributed by atoms with Gasteiger partial charge in [-0.25, -0.2) is 9.78 Å². The van der Waals surface area contributed by atoms with Gasteiger partial charge in [-0.2, -0.15) is 0 Å². The quantitative estimate of drug-likeness (QED) is 0.668. The summed E-state index contributed by atoms with van der Waals surface area (Å²) in [7, 11) is 0. The Hall–Kier alpha value is -2.66. The molecule has 0 saturated heterocycles. The van der Waals surface area contributed by atoms with Crippen LogP contribution in [0.1, 0.15) is 28.5 Å². The summed E-state index contributed by atoms with van der Waals surface area (Å²) in [4.78, 5) is 28.7. The minimum absolute atomic E-state index is 0.118. The lowest BCUT2D eigenvalue weighted by molar-refractivity contribution is 0.0473. The number of aromatic nitrogens is 2. The van der Waals surface area contributed by atoms with Crippen LogP contribution in [0.25, 0.3) is 11.0 Å². The van der Waals surface area contributed by atoms with Gasteiger partial charge in [0.2, 0.25) is 0 Å². The molecule has 5 nitrogen and oxygen atoms in total. The van der Waals surface area contributed by atoms with E-state index in [0.717, 1.165) is 5.56 Å². The highest BCUT2D eigenvalue weighted by Crippen LogP contribution is 2.16. The van der Waals surface area contributed by atoms with E-state index in [4.69, 9.17) is 16.3 Å². The summed E-state index contributed by atoms with van der Waals surface area (Å²) >= 11 is 5.84. The highest BCUT2D eigenvalue weighted by atomic mass is 35.5. The molecule has 25 heavy (non-hydrogen) atoms. The van der Waals surface area contributed by atoms with Crippen LogP contribution in [-0.4, -0.2) is 15.5 Å². The highest BCUT2D eigenvalue weighted by molar-refractivity contribution is 6.30. The Labute approximate surface area is 149 Å². The molecule has 0 spiro atoms. The van der Waals surface area contributed by atoms with Crippen molar-refractivity contribution in [3.05, 3.63) is 74.7 Å². The molecular weight excluding hydrogens is 340 g/mol. The predicted octanol–water partition coefficient (Wildman–Crippen LogP) is 3.74. The molecule has 0 N–H and O–H groups in total. The van der Waals surface area contributed by atoms with Gasteiger partial charge in [-0.05, 0) is 49.7 Å². The first kappa shape index (κ1) is 17.2. The number of fused-ring (bicyclic) bond motifs is 1. The molecule has 1 heterocycles. The third-order valence-corrected chi connectivity index (χ3v) is 4.20. The van der Waals surface area contributed by atoms with Crippen molar-refractivity contribution in [1.29, 1.82) is 0 Å². The fraction of sp³-hybridized carbons (Fsp3) is 0.211. The van der Waals surface area contributed by atoms with Crippen LogP contribution in [0.2, 0.25) is 5.02 Å². The third kappa shape index (κ3) is 3.56. The molecule has 2 aromatic carbocycles. The lowest BCUT2D eigenvalue weighted by Gasteiger charge is -2.10. The van der Waals surface area contributed by atoms with Gasteiger partial charge in [0.1, 0.15) is 12.3 Å². The fourth-order valence-electron chi connectivity index (χ4n) is 2.63. The van der Waals surface area contributed by atoms with Crippen LogP contribution in [0.3, 0.4) is 0 Å². The number of halogens is 1. The Balaban J connectivity index is 1.85. The molecular formula is C19H17ClN2O3. The van der Waals surface area contributed by atoms with Crippen LogP contribution in [-0.2, 0) is 17.9 Å². The number of aryl methyl sites for hydroxylation is 2. The van der Waals surface area contributed by atoms with Gasteiger partial charge in [-0.3, -0.25) is 4.79 Å². The third-order valence-electron chi connectivity index (χ3n) is 3.94. The standard InChI is InChI=1S/C19H17ClN2O3/c1-3-22-17-9-6-14(10-16(17)21-12(2)18(22)23)19(24)25-11-13-4-7-15(20)8-5-13/h4-10H,3,11H2,1-2H3. The number of rotatable bonds is 4. The van der Waals surface area contributed by atoms with E-state index in [1.54, 1.807) is 54.0 Å². The van der Waals surface area contributed by atoms with Gasteiger partial charge in [0, 0.05) is 11.6 Å². The minimum atomic E-state index is -0.439. The van der Waals surface area contributed by atoms with Crippen LogP contribution in [0.5, 0.6) is 0 Å². The molecule has 0 aliphatic rings. The first-order valence-corrected chi connectivity index (χ1v) is 8.30. The Morgan fingerprint density at radius 1 is 1.20 bits per heavy atom. The molecule has 0 atom stereocenters. The maximum atomic E-state index is 12.3. The zero-order chi connectivity index (χ0) is 18.0. The van der Waals surface area contributed by atoms with Crippen molar-refractivity contribution >= 4 is 28.6 Å². The second kappa shape index (κ2) is 7.07. The zero-order valence-electron chi connectivity index (χ0n) is 14.0. The number of esters is 1. The van der Waals surface area contributed by atoms with Gasteiger partial charge in [0.05, 0.1) is 16.6 Å².